The van der Waals surface area contributed by atoms with E-state index in [-0.39, 0.29) is 12.1 Å². The van der Waals surface area contributed by atoms with Crippen LogP contribution in [0.1, 0.15) is 58.6 Å². The highest BCUT2D eigenvalue weighted by atomic mass is 16.5. The molecule has 3 rings (SSSR count). The van der Waals surface area contributed by atoms with Crippen LogP contribution in [0.4, 0.5) is 0 Å². The molecule has 4 N–H and O–H groups in total. The molecule has 40 heavy (non-hydrogen) atoms. The number of benzene rings is 2. The summed E-state index contributed by atoms with van der Waals surface area (Å²) < 4.78 is 16.7. The average Bonchev–Trinajstić information content (AvgIpc) is 3.76. The fourth-order valence-corrected chi connectivity index (χ4v) is 3.45. The summed E-state index contributed by atoms with van der Waals surface area (Å²) >= 11 is 0. The lowest BCUT2D eigenvalue weighted by Gasteiger charge is -2.23. The molecule has 0 amide bonds. The van der Waals surface area contributed by atoms with Crippen molar-refractivity contribution in [3.05, 3.63) is 59.7 Å². The van der Waals surface area contributed by atoms with E-state index in [9.17, 15) is 10.2 Å². The highest BCUT2D eigenvalue weighted by molar-refractivity contribution is 5.42. The van der Waals surface area contributed by atoms with E-state index in [1.165, 1.54) is 18.4 Å². The van der Waals surface area contributed by atoms with Crippen LogP contribution in [-0.2, 0) is 11.2 Å². The van der Waals surface area contributed by atoms with Gasteiger partial charge in [0.1, 0.15) is 43.0 Å². The number of hydrogen-bond acceptors (Lipinski definition) is 8. The molecule has 0 spiro atoms. The van der Waals surface area contributed by atoms with Crippen LogP contribution < -0.4 is 20.1 Å². The molecule has 8 nitrogen and oxygen atoms in total. The summed E-state index contributed by atoms with van der Waals surface area (Å²) in [4.78, 5) is 0. The van der Waals surface area contributed by atoms with E-state index < -0.39 is 12.2 Å². The van der Waals surface area contributed by atoms with E-state index in [4.69, 9.17) is 19.5 Å². The van der Waals surface area contributed by atoms with E-state index >= 15 is 0 Å². The zero-order chi connectivity index (χ0) is 29.4. The molecule has 1 aliphatic rings. The number of rotatable bonds is 16. The van der Waals surface area contributed by atoms with E-state index in [1.807, 2.05) is 32.9 Å². The number of β-amino-alcohol motifs (C(OH)–C–C–N with tert-alkyl or cyclic N) is 1. The maximum atomic E-state index is 9.80. The van der Waals surface area contributed by atoms with Crippen LogP contribution >= 0.6 is 0 Å². The van der Waals surface area contributed by atoms with Crippen molar-refractivity contribution < 1.29 is 24.4 Å². The van der Waals surface area contributed by atoms with Gasteiger partial charge in [-0.2, -0.15) is 5.26 Å². The summed E-state index contributed by atoms with van der Waals surface area (Å²) in [5, 5.41) is 34.8. The van der Waals surface area contributed by atoms with Gasteiger partial charge in [-0.1, -0.05) is 38.1 Å². The summed E-state index contributed by atoms with van der Waals surface area (Å²) in [5.41, 5.74) is 1.70. The zero-order valence-corrected chi connectivity index (χ0v) is 24.9. The van der Waals surface area contributed by atoms with Crippen molar-refractivity contribution in [1.82, 2.24) is 10.6 Å². The molecular formula is C32H49N3O5. The van der Waals surface area contributed by atoms with Gasteiger partial charge in [-0.25, -0.2) is 0 Å². The number of aliphatic hydroxyl groups excluding tert-OH is 2. The third-order valence-electron chi connectivity index (χ3n) is 6.02. The summed E-state index contributed by atoms with van der Waals surface area (Å²) in [6.07, 6.45) is 2.53. The number of para-hydroxylation sites is 1. The van der Waals surface area contributed by atoms with Gasteiger partial charge >= 0.3 is 0 Å². The standard InChI is InChI=1S/C18H29NO3.C14H20N2O2/c1-14(2)19-11-17(20)13-22-18-7-5-15(6-8-18)9-10-21-12-16-3-4-16;1-14(2,3)16-9-12(17)10-18-13-7-5-4-6-11(13)8-15/h5-8,14,16-17,19-20H,3-4,9-13H2,1-2H3;4-7,12,16-17H,9-10H2,1-3H3. The SMILES string of the molecule is CC(C)(C)NCC(O)COc1ccccc1C#N.CC(C)NCC(O)COc1ccc(CCOCC2CC2)cc1. The number of ether oxygens (including phenoxy) is 3. The fraction of sp³-hybridized carbons (Fsp3) is 0.594. The second kappa shape index (κ2) is 17.9. The zero-order valence-electron chi connectivity index (χ0n) is 24.9. The molecule has 0 bridgehead atoms. The smallest absolute Gasteiger partial charge is 0.137 e. The fourth-order valence-electron chi connectivity index (χ4n) is 3.45. The van der Waals surface area contributed by atoms with Gasteiger partial charge in [0.05, 0.1) is 12.2 Å². The van der Waals surface area contributed by atoms with Crippen molar-refractivity contribution in [3.8, 4) is 17.6 Å². The lowest BCUT2D eigenvalue weighted by atomic mass is 10.1. The number of aliphatic hydroxyl groups is 2. The Labute approximate surface area is 240 Å². The van der Waals surface area contributed by atoms with E-state index in [2.05, 4.69) is 42.7 Å². The Morgan fingerprint density at radius 2 is 1.60 bits per heavy atom. The van der Waals surface area contributed by atoms with Gasteiger partial charge in [0.15, 0.2) is 0 Å². The first-order chi connectivity index (χ1) is 19.1. The Morgan fingerprint density at radius 3 is 2.23 bits per heavy atom. The second-order valence-corrected chi connectivity index (χ2v) is 11.6. The van der Waals surface area contributed by atoms with Crippen LogP contribution in [0.15, 0.2) is 48.5 Å². The normalized spacial score (nSPS) is 14.6. The molecule has 1 aliphatic carbocycles. The summed E-state index contributed by atoms with van der Waals surface area (Å²) in [7, 11) is 0. The van der Waals surface area contributed by atoms with Crippen molar-refractivity contribution in [2.75, 3.05) is 39.5 Å². The van der Waals surface area contributed by atoms with Gasteiger partial charge in [0.2, 0.25) is 0 Å². The van der Waals surface area contributed by atoms with Crippen LogP contribution in [0, 0.1) is 17.2 Å². The molecule has 0 aliphatic heterocycles. The van der Waals surface area contributed by atoms with E-state index in [0.29, 0.717) is 37.1 Å². The Hall–Kier alpha value is -2.67. The number of nitrogens with zero attached hydrogens (tertiary/aromatic N) is 1. The minimum atomic E-state index is -0.601. The first-order valence-electron chi connectivity index (χ1n) is 14.3. The molecule has 0 saturated heterocycles. The summed E-state index contributed by atoms with van der Waals surface area (Å²) in [5.74, 6) is 2.13. The molecule has 2 aromatic rings. The average molecular weight is 556 g/mol. The third kappa shape index (κ3) is 15.8. The largest absolute Gasteiger partial charge is 0.491 e. The van der Waals surface area contributed by atoms with Gasteiger partial charge in [0, 0.05) is 31.3 Å². The highest BCUT2D eigenvalue weighted by Crippen LogP contribution is 2.28. The molecule has 8 heteroatoms. The second-order valence-electron chi connectivity index (χ2n) is 11.6. The van der Waals surface area contributed by atoms with Crippen LogP contribution in [0.3, 0.4) is 0 Å². The minimum absolute atomic E-state index is 0.0362. The Morgan fingerprint density at radius 1 is 0.950 bits per heavy atom. The maximum Gasteiger partial charge on any atom is 0.137 e. The molecule has 2 atom stereocenters. The first-order valence-corrected chi connectivity index (χ1v) is 14.3. The quantitative estimate of drug-likeness (QED) is 0.229. The lowest BCUT2D eigenvalue weighted by molar-refractivity contribution is 0.0999. The summed E-state index contributed by atoms with van der Waals surface area (Å²) in [6.45, 7) is 13.4. The van der Waals surface area contributed by atoms with E-state index in [0.717, 1.165) is 31.3 Å². The van der Waals surface area contributed by atoms with Gasteiger partial charge in [-0.15, -0.1) is 0 Å². The molecule has 0 aromatic heterocycles. The van der Waals surface area contributed by atoms with Crippen LogP contribution in [0.2, 0.25) is 0 Å². The van der Waals surface area contributed by atoms with Crippen molar-refractivity contribution in [1.29, 1.82) is 5.26 Å². The van der Waals surface area contributed by atoms with Crippen molar-refractivity contribution >= 4 is 0 Å². The van der Waals surface area contributed by atoms with Gasteiger partial charge in [-0.05, 0) is 75.8 Å². The number of nitrogens with one attached hydrogen (secondary N) is 2. The van der Waals surface area contributed by atoms with Crippen LogP contribution in [-0.4, -0.2) is 73.5 Å². The Kier molecular flexibility index (Phi) is 15.0. The number of nitriles is 1. The highest BCUT2D eigenvalue weighted by Gasteiger charge is 2.20. The predicted octanol–water partition coefficient (Wildman–Crippen LogP) is 4.08. The molecule has 222 valence electrons. The van der Waals surface area contributed by atoms with Gasteiger partial charge in [-0.3, -0.25) is 0 Å². The molecule has 2 unspecified atom stereocenters. The molecule has 1 fully saturated rings. The Bertz CT molecular complexity index is 997. The van der Waals surface area contributed by atoms with Gasteiger partial charge < -0.3 is 35.1 Å². The molecule has 2 aromatic carbocycles. The predicted molar refractivity (Wildman–Crippen MR) is 159 cm³/mol. The van der Waals surface area contributed by atoms with Crippen LogP contribution in [0.25, 0.3) is 0 Å². The van der Waals surface area contributed by atoms with Crippen molar-refractivity contribution in [2.24, 2.45) is 5.92 Å². The lowest BCUT2D eigenvalue weighted by Crippen LogP contribution is -2.42. The van der Waals surface area contributed by atoms with Crippen molar-refractivity contribution in [3.63, 3.8) is 0 Å². The van der Waals surface area contributed by atoms with Crippen molar-refractivity contribution in [2.45, 2.75) is 77.7 Å². The molecule has 0 heterocycles. The van der Waals surface area contributed by atoms with E-state index in [1.54, 1.807) is 24.3 Å². The number of hydrogen-bond donors (Lipinski definition) is 4. The third-order valence-corrected chi connectivity index (χ3v) is 6.02. The molecule has 0 radical (unpaired) electrons. The first kappa shape index (κ1) is 33.5. The molecule has 1 saturated carbocycles. The molecular weight excluding hydrogens is 506 g/mol. The topological polar surface area (TPSA) is 116 Å². The maximum absolute atomic E-state index is 9.80. The Balaban J connectivity index is 0.000000286. The summed E-state index contributed by atoms with van der Waals surface area (Å²) in [6, 6.07) is 17.5. The van der Waals surface area contributed by atoms with Gasteiger partial charge in [0.25, 0.3) is 0 Å². The minimum Gasteiger partial charge on any atom is -0.491 e. The monoisotopic (exact) mass is 555 g/mol. The van der Waals surface area contributed by atoms with Crippen LogP contribution in [0.5, 0.6) is 11.5 Å².